The molecule has 3 fully saturated rings. The maximum Gasteiger partial charge on any atom is 0.184 e. The molecule has 15 nitrogen and oxygen atoms in total. The van der Waals surface area contributed by atoms with E-state index in [0.717, 1.165) is 0 Å². The van der Waals surface area contributed by atoms with Gasteiger partial charge in [-0.25, -0.2) is 4.39 Å². The van der Waals surface area contributed by atoms with E-state index in [-0.39, 0.29) is 25.4 Å². The van der Waals surface area contributed by atoms with Gasteiger partial charge in [-0.05, 0) is 33.1 Å². The van der Waals surface area contributed by atoms with Crippen molar-refractivity contribution in [3.63, 3.8) is 0 Å². The van der Waals surface area contributed by atoms with Gasteiger partial charge in [0, 0.05) is 12.0 Å². The van der Waals surface area contributed by atoms with Crippen LogP contribution in [-0.4, -0.2) is 136 Å². The molecule has 2 aliphatic heterocycles. The minimum atomic E-state index is -1.51. The molecular formula is C25H47FN6O9. The van der Waals surface area contributed by atoms with Crippen molar-refractivity contribution in [1.29, 1.82) is 5.41 Å². The van der Waals surface area contributed by atoms with Crippen molar-refractivity contribution in [1.82, 2.24) is 5.32 Å². The number of rotatable bonds is 10. The normalized spacial score (nSPS) is 43.8. The molecule has 2 saturated heterocycles. The third-order valence-corrected chi connectivity index (χ3v) is 8.14. The quantitative estimate of drug-likeness (QED) is 0.0883. The van der Waals surface area contributed by atoms with Gasteiger partial charge in [0.05, 0.1) is 43.5 Å². The van der Waals surface area contributed by atoms with Crippen LogP contribution in [0.5, 0.6) is 0 Å². The fourth-order valence-corrected chi connectivity index (χ4v) is 5.11. The summed E-state index contributed by atoms with van der Waals surface area (Å²) in [6.07, 6.45) is -9.50. The first-order valence-electron chi connectivity index (χ1n) is 13.9. The van der Waals surface area contributed by atoms with Crippen molar-refractivity contribution >= 4 is 11.7 Å². The summed E-state index contributed by atoms with van der Waals surface area (Å²) in [5.74, 6) is -1.21. The van der Waals surface area contributed by atoms with E-state index in [0.29, 0.717) is 12.8 Å². The Morgan fingerprint density at radius 2 is 1.83 bits per heavy atom. The maximum atomic E-state index is 13.4. The van der Waals surface area contributed by atoms with Gasteiger partial charge >= 0.3 is 0 Å². The van der Waals surface area contributed by atoms with Gasteiger partial charge in [0.25, 0.3) is 0 Å². The van der Waals surface area contributed by atoms with Crippen LogP contribution < -0.4 is 22.5 Å². The van der Waals surface area contributed by atoms with E-state index in [1.165, 1.54) is 13.8 Å². The highest BCUT2D eigenvalue weighted by atomic mass is 19.1. The van der Waals surface area contributed by atoms with E-state index in [1.54, 1.807) is 6.92 Å². The Balaban J connectivity index is 1.77. The zero-order valence-electron chi connectivity index (χ0n) is 23.7. The van der Waals surface area contributed by atoms with Crippen LogP contribution in [0.4, 0.5) is 4.39 Å². The molecule has 0 aromatic carbocycles. The van der Waals surface area contributed by atoms with Crippen molar-refractivity contribution in [2.45, 2.75) is 119 Å². The number of alkyl halides is 1. The molecule has 0 radical (unpaired) electrons. The summed E-state index contributed by atoms with van der Waals surface area (Å²) in [6, 6.07) is -2.26. The van der Waals surface area contributed by atoms with Gasteiger partial charge in [0.15, 0.2) is 18.8 Å². The minimum absolute atomic E-state index is 0.0730. The topological polar surface area (TPSA) is 264 Å². The van der Waals surface area contributed by atoms with Crippen LogP contribution in [0.25, 0.3) is 0 Å². The van der Waals surface area contributed by atoms with Crippen LogP contribution in [0.2, 0.25) is 0 Å². The summed E-state index contributed by atoms with van der Waals surface area (Å²) in [5.41, 5.74) is 16.9. The Morgan fingerprint density at radius 3 is 2.46 bits per heavy atom. The fourth-order valence-electron chi connectivity index (χ4n) is 5.11. The lowest BCUT2D eigenvalue weighted by Crippen LogP contribution is -2.68. The number of hydrogen-bond donors (Lipinski definition) is 10. The molecule has 0 aromatic heterocycles. The highest BCUT2D eigenvalue weighted by molar-refractivity contribution is 5.84. The summed E-state index contributed by atoms with van der Waals surface area (Å²) < 4.78 is 37.1. The molecule has 41 heavy (non-hydrogen) atoms. The van der Waals surface area contributed by atoms with E-state index in [2.05, 4.69) is 10.3 Å². The molecule has 1 saturated carbocycles. The predicted molar refractivity (Wildman–Crippen MR) is 145 cm³/mol. The number of nitrogens with two attached hydrogens (primary N) is 3. The molecule has 0 spiro atoms. The van der Waals surface area contributed by atoms with E-state index < -0.39 is 97.5 Å². The van der Waals surface area contributed by atoms with Gasteiger partial charge in [-0.3, -0.25) is 10.4 Å². The van der Waals surface area contributed by atoms with Crippen molar-refractivity contribution in [2.24, 2.45) is 28.1 Å². The summed E-state index contributed by atoms with van der Waals surface area (Å²) in [4.78, 5) is 4.02. The number of amidine groups is 2. The van der Waals surface area contributed by atoms with Crippen LogP contribution in [0.1, 0.15) is 40.0 Å². The van der Waals surface area contributed by atoms with Crippen LogP contribution in [0, 0.1) is 11.3 Å². The molecule has 2 heterocycles. The Bertz CT molecular complexity index is 902. The highest BCUT2D eigenvalue weighted by Gasteiger charge is 2.51. The molecule has 238 valence electrons. The van der Waals surface area contributed by atoms with Gasteiger partial charge in [0.2, 0.25) is 0 Å². The smallest absolute Gasteiger partial charge is 0.184 e. The average molecular weight is 595 g/mol. The summed E-state index contributed by atoms with van der Waals surface area (Å²) in [5, 5.41) is 62.7. The maximum absolute atomic E-state index is 13.4. The summed E-state index contributed by atoms with van der Waals surface area (Å²) >= 11 is 0. The van der Waals surface area contributed by atoms with E-state index in [4.69, 9.17) is 41.6 Å². The molecule has 0 amide bonds. The lowest BCUT2D eigenvalue weighted by Gasteiger charge is -2.49. The number of hydrogen-bond acceptors (Lipinski definition) is 13. The second-order valence-corrected chi connectivity index (χ2v) is 11.5. The standard InChI is InChI=1S/C25H47FN6O9/c1-10-17(35)24(38-9-25(10,3)37)41-20-15(32-22(30)16(34)8-33)6-14(28)19(18(20)36)40-23-13(27)5-4-12(39-23)7-31-21(29)11(2)26/h10-20,23-24,33-37H,4-9,27-28H2,1-3H3,(H2,29,31)(H2,30,32)/t10-,11?,12+,13?,14+,15-,16?,17?,18?,19?,20?,23-,24-,25?/m1/s1. The Morgan fingerprint density at radius 1 is 1.17 bits per heavy atom. The molecule has 8 unspecified atom stereocenters. The number of aliphatic hydroxyl groups is 5. The van der Waals surface area contributed by atoms with E-state index in [9.17, 15) is 29.9 Å². The van der Waals surface area contributed by atoms with Gasteiger partial charge in [-0.1, -0.05) is 6.92 Å². The molecule has 3 rings (SSSR count). The Kier molecular flexibility index (Phi) is 11.8. The summed E-state index contributed by atoms with van der Waals surface area (Å²) in [7, 11) is 0. The van der Waals surface area contributed by atoms with Gasteiger partial charge in [0.1, 0.15) is 42.2 Å². The fraction of sp³-hybridized carbons (Fsp3) is 0.920. The van der Waals surface area contributed by atoms with Crippen LogP contribution >= 0.6 is 0 Å². The van der Waals surface area contributed by atoms with Crippen LogP contribution in [-0.2, 0) is 18.9 Å². The highest BCUT2D eigenvalue weighted by Crippen LogP contribution is 2.34. The average Bonchev–Trinajstić information content (AvgIpc) is 2.92. The SMILES string of the molecule is CC(F)C(N)=NC[C@@H]1CCC(N)[C@@H](OC2C(O)C(O[C@H]3OCC(C)(O)[C@H](C)C3O)[C@H](NC(=N)C(O)CO)C[C@@H]2N)O1. The molecule has 0 aromatic rings. The Hall–Kier alpha value is -1.57. The molecule has 13 N–H and O–H groups in total. The first kappa shape index (κ1) is 33.9. The molecule has 0 bridgehead atoms. The van der Waals surface area contributed by atoms with Crippen LogP contribution in [0.15, 0.2) is 4.99 Å². The van der Waals surface area contributed by atoms with Gasteiger partial charge in [-0.15, -0.1) is 0 Å². The molecule has 14 atom stereocenters. The number of nitrogens with one attached hydrogen (secondary N) is 2. The molecule has 3 aliphatic rings. The van der Waals surface area contributed by atoms with Crippen LogP contribution in [0.3, 0.4) is 0 Å². The lowest BCUT2D eigenvalue weighted by molar-refractivity contribution is -0.313. The third-order valence-electron chi connectivity index (χ3n) is 8.14. The van der Waals surface area contributed by atoms with Gasteiger partial charge in [-0.2, -0.15) is 0 Å². The van der Waals surface area contributed by atoms with E-state index in [1.807, 2.05) is 0 Å². The zero-order valence-corrected chi connectivity index (χ0v) is 23.7. The second kappa shape index (κ2) is 14.3. The van der Waals surface area contributed by atoms with Crippen molar-refractivity contribution in [3.8, 4) is 0 Å². The van der Waals surface area contributed by atoms with E-state index >= 15 is 0 Å². The first-order valence-corrected chi connectivity index (χ1v) is 13.9. The second-order valence-electron chi connectivity index (χ2n) is 11.5. The zero-order chi connectivity index (χ0) is 30.6. The number of aliphatic imine (C=N–C) groups is 1. The van der Waals surface area contributed by atoms with Crippen molar-refractivity contribution in [2.75, 3.05) is 19.8 Å². The third kappa shape index (κ3) is 8.29. The lowest BCUT2D eigenvalue weighted by atomic mass is 9.82. The predicted octanol–water partition coefficient (Wildman–Crippen LogP) is -3.21. The number of halogens is 1. The largest absolute Gasteiger partial charge is 0.393 e. The summed E-state index contributed by atoms with van der Waals surface area (Å²) in [6.45, 7) is 3.68. The minimum Gasteiger partial charge on any atom is -0.393 e. The first-order chi connectivity index (χ1) is 19.2. The molecule has 16 heteroatoms. The molecule has 1 aliphatic carbocycles. The van der Waals surface area contributed by atoms with Crippen molar-refractivity contribution in [3.05, 3.63) is 0 Å². The monoisotopic (exact) mass is 594 g/mol. The van der Waals surface area contributed by atoms with Crippen molar-refractivity contribution < 1.29 is 48.9 Å². The van der Waals surface area contributed by atoms with Gasteiger partial charge < -0.3 is 67.0 Å². The number of ether oxygens (including phenoxy) is 4. The number of nitrogens with zero attached hydrogens (tertiary/aromatic N) is 1. The Labute approximate surface area is 238 Å². The number of aliphatic hydroxyl groups excluding tert-OH is 4. The molecular weight excluding hydrogens is 547 g/mol.